The van der Waals surface area contributed by atoms with E-state index in [1.807, 2.05) is 32.7 Å². The van der Waals surface area contributed by atoms with Crippen LogP contribution in [-0.4, -0.2) is 39.9 Å². The second-order valence-electron chi connectivity index (χ2n) is 4.61. The Hall–Kier alpha value is -1.92. The van der Waals surface area contributed by atoms with E-state index in [0.29, 0.717) is 12.4 Å². The standard InChI is InChI=1S/C12H21N5O2/c1-6-19-12(18)10-7-13-14-11(10)15-16-17(8(2)3)9(4)5/h7-9H,6H2,1-5H3,(H,13,14)/b16-15+. The number of hydrogen-bond acceptors (Lipinski definition) is 5. The van der Waals surface area contributed by atoms with Gasteiger partial charge in [0.15, 0.2) is 5.82 Å². The van der Waals surface area contributed by atoms with Crippen LogP contribution in [-0.2, 0) is 4.74 Å². The number of nitrogens with zero attached hydrogens (tertiary/aromatic N) is 4. The number of aromatic nitrogens is 2. The summed E-state index contributed by atoms with van der Waals surface area (Å²) in [6.07, 6.45) is 1.39. The molecule has 1 N–H and O–H groups in total. The predicted molar refractivity (Wildman–Crippen MR) is 71.2 cm³/mol. The van der Waals surface area contributed by atoms with Crippen LogP contribution in [0.5, 0.6) is 0 Å². The number of H-pyrrole nitrogens is 1. The van der Waals surface area contributed by atoms with E-state index < -0.39 is 5.97 Å². The fourth-order valence-corrected chi connectivity index (χ4v) is 1.61. The minimum Gasteiger partial charge on any atom is -0.462 e. The van der Waals surface area contributed by atoms with Gasteiger partial charge in [-0.2, -0.15) is 5.10 Å². The van der Waals surface area contributed by atoms with Gasteiger partial charge in [-0.15, -0.1) is 5.11 Å². The molecular formula is C12H21N5O2. The summed E-state index contributed by atoms with van der Waals surface area (Å²) in [6, 6.07) is 0.440. The Morgan fingerprint density at radius 1 is 1.42 bits per heavy atom. The summed E-state index contributed by atoms with van der Waals surface area (Å²) >= 11 is 0. The highest BCUT2D eigenvalue weighted by molar-refractivity contribution is 5.93. The molecule has 0 saturated carbocycles. The van der Waals surface area contributed by atoms with Crippen molar-refractivity contribution in [1.29, 1.82) is 0 Å². The molecule has 106 valence electrons. The van der Waals surface area contributed by atoms with Gasteiger partial charge in [0.1, 0.15) is 5.56 Å². The van der Waals surface area contributed by atoms with Crippen LogP contribution in [0.2, 0.25) is 0 Å². The minimum absolute atomic E-state index is 0.220. The van der Waals surface area contributed by atoms with Gasteiger partial charge in [-0.25, -0.2) is 4.79 Å². The summed E-state index contributed by atoms with van der Waals surface area (Å²) in [5, 5.41) is 16.5. The molecule has 7 nitrogen and oxygen atoms in total. The van der Waals surface area contributed by atoms with Gasteiger partial charge in [-0.05, 0) is 34.6 Å². The summed E-state index contributed by atoms with van der Waals surface area (Å²) in [5.41, 5.74) is 0.290. The lowest BCUT2D eigenvalue weighted by Crippen LogP contribution is -2.31. The van der Waals surface area contributed by atoms with E-state index in [9.17, 15) is 4.79 Å². The number of carbonyl (C=O) groups is 1. The van der Waals surface area contributed by atoms with Crippen molar-refractivity contribution in [2.75, 3.05) is 6.61 Å². The van der Waals surface area contributed by atoms with E-state index in [4.69, 9.17) is 4.74 Å². The molecule has 0 saturated heterocycles. The number of esters is 1. The monoisotopic (exact) mass is 267 g/mol. The van der Waals surface area contributed by atoms with Crippen LogP contribution >= 0.6 is 0 Å². The maximum atomic E-state index is 11.6. The Bertz CT molecular complexity index is 431. The first-order valence-corrected chi connectivity index (χ1v) is 6.37. The van der Waals surface area contributed by atoms with Gasteiger partial charge in [0, 0.05) is 12.1 Å². The molecule has 0 aliphatic heterocycles. The second kappa shape index (κ2) is 6.86. The second-order valence-corrected chi connectivity index (χ2v) is 4.61. The van der Waals surface area contributed by atoms with Gasteiger partial charge >= 0.3 is 5.97 Å². The zero-order valence-corrected chi connectivity index (χ0v) is 12.0. The molecule has 0 aromatic carbocycles. The summed E-state index contributed by atoms with van der Waals surface area (Å²) in [7, 11) is 0. The number of rotatable bonds is 6. The molecule has 19 heavy (non-hydrogen) atoms. The van der Waals surface area contributed by atoms with Gasteiger partial charge in [-0.1, -0.05) is 5.22 Å². The van der Waals surface area contributed by atoms with Crippen LogP contribution in [0.1, 0.15) is 45.0 Å². The van der Waals surface area contributed by atoms with E-state index in [-0.39, 0.29) is 17.6 Å². The molecule has 0 bridgehead atoms. The fourth-order valence-electron chi connectivity index (χ4n) is 1.61. The molecule has 0 unspecified atom stereocenters. The number of nitrogens with one attached hydrogen (secondary N) is 1. The zero-order chi connectivity index (χ0) is 14.4. The molecule has 0 spiro atoms. The minimum atomic E-state index is -0.453. The smallest absolute Gasteiger partial charge is 0.343 e. The highest BCUT2D eigenvalue weighted by atomic mass is 16.5. The van der Waals surface area contributed by atoms with Crippen molar-refractivity contribution in [1.82, 2.24) is 15.2 Å². The van der Waals surface area contributed by atoms with Crippen LogP contribution in [0.15, 0.2) is 16.5 Å². The molecule has 0 atom stereocenters. The lowest BCUT2D eigenvalue weighted by molar-refractivity contribution is 0.0527. The molecule has 1 aromatic heterocycles. The lowest BCUT2D eigenvalue weighted by Gasteiger charge is -2.25. The predicted octanol–water partition coefficient (Wildman–Crippen LogP) is 2.70. The van der Waals surface area contributed by atoms with Gasteiger partial charge in [0.05, 0.1) is 12.8 Å². The number of ether oxygens (including phenoxy) is 1. The van der Waals surface area contributed by atoms with Crippen molar-refractivity contribution in [2.24, 2.45) is 10.3 Å². The van der Waals surface area contributed by atoms with Crippen LogP contribution < -0.4 is 0 Å². The van der Waals surface area contributed by atoms with Crippen molar-refractivity contribution in [3.8, 4) is 0 Å². The van der Waals surface area contributed by atoms with Crippen LogP contribution in [0, 0.1) is 0 Å². The quantitative estimate of drug-likeness (QED) is 0.488. The molecular weight excluding hydrogens is 246 g/mol. The highest BCUT2D eigenvalue weighted by Crippen LogP contribution is 2.18. The lowest BCUT2D eigenvalue weighted by atomic mass is 10.3. The Morgan fingerprint density at radius 2 is 2.05 bits per heavy atom. The van der Waals surface area contributed by atoms with Crippen LogP contribution in [0.25, 0.3) is 0 Å². The molecule has 0 aliphatic carbocycles. The normalized spacial score (nSPS) is 11.5. The molecule has 7 heteroatoms. The first-order chi connectivity index (χ1) is 8.97. The molecule has 1 aromatic rings. The van der Waals surface area contributed by atoms with Crippen molar-refractivity contribution in [3.63, 3.8) is 0 Å². The third-order valence-corrected chi connectivity index (χ3v) is 2.42. The van der Waals surface area contributed by atoms with Crippen molar-refractivity contribution < 1.29 is 9.53 Å². The number of hydrogen-bond donors (Lipinski definition) is 1. The third kappa shape index (κ3) is 4.04. The maximum absolute atomic E-state index is 11.6. The SMILES string of the molecule is CCOC(=O)c1cn[nH]c1/N=N/N(C(C)C)C(C)C. The summed E-state index contributed by atoms with van der Waals surface area (Å²) < 4.78 is 4.91. The number of aromatic amines is 1. The topological polar surface area (TPSA) is 82.9 Å². The average Bonchev–Trinajstić information content (AvgIpc) is 2.77. The molecule has 1 heterocycles. The Morgan fingerprint density at radius 3 is 2.58 bits per heavy atom. The van der Waals surface area contributed by atoms with Gasteiger partial charge in [0.2, 0.25) is 0 Å². The fraction of sp³-hybridized carbons (Fsp3) is 0.667. The van der Waals surface area contributed by atoms with Gasteiger partial charge in [0.25, 0.3) is 0 Å². The molecule has 0 fully saturated rings. The van der Waals surface area contributed by atoms with E-state index in [0.717, 1.165) is 0 Å². The third-order valence-electron chi connectivity index (χ3n) is 2.42. The molecule has 0 aliphatic rings. The Kier molecular flexibility index (Phi) is 5.47. The van der Waals surface area contributed by atoms with Gasteiger partial charge < -0.3 is 4.74 Å². The Labute approximate surface area is 113 Å². The molecule has 0 amide bonds. The molecule has 0 radical (unpaired) electrons. The summed E-state index contributed by atoms with van der Waals surface area (Å²) in [4.78, 5) is 11.6. The van der Waals surface area contributed by atoms with Crippen LogP contribution in [0.4, 0.5) is 5.82 Å². The van der Waals surface area contributed by atoms with E-state index >= 15 is 0 Å². The highest BCUT2D eigenvalue weighted by Gasteiger charge is 2.16. The van der Waals surface area contributed by atoms with E-state index in [2.05, 4.69) is 20.5 Å². The van der Waals surface area contributed by atoms with Crippen molar-refractivity contribution >= 4 is 11.8 Å². The van der Waals surface area contributed by atoms with Crippen molar-refractivity contribution in [2.45, 2.75) is 46.7 Å². The summed E-state index contributed by atoms with van der Waals surface area (Å²) in [6.45, 7) is 10.2. The first kappa shape index (κ1) is 15.1. The van der Waals surface area contributed by atoms with Crippen molar-refractivity contribution in [3.05, 3.63) is 11.8 Å². The van der Waals surface area contributed by atoms with Crippen LogP contribution in [0.3, 0.4) is 0 Å². The molecule has 1 rings (SSSR count). The van der Waals surface area contributed by atoms with E-state index in [1.165, 1.54) is 6.20 Å². The van der Waals surface area contributed by atoms with E-state index in [1.54, 1.807) is 6.92 Å². The average molecular weight is 267 g/mol. The first-order valence-electron chi connectivity index (χ1n) is 6.37. The summed E-state index contributed by atoms with van der Waals surface area (Å²) in [5.74, 6) is -0.143. The largest absolute Gasteiger partial charge is 0.462 e. The maximum Gasteiger partial charge on any atom is 0.343 e. The van der Waals surface area contributed by atoms with Gasteiger partial charge in [-0.3, -0.25) is 10.1 Å². The zero-order valence-electron chi connectivity index (χ0n) is 12.0. The Balaban J connectivity index is 2.87. The number of carbonyl (C=O) groups excluding carboxylic acids is 1.